The van der Waals surface area contributed by atoms with Crippen LogP contribution in [-0.2, 0) is 0 Å². The largest absolute Gasteiger partial charge is 0.673 e. The van der Waals surface area contributed by atoms with Crippen LogP contribution in [0.25, 0.3) is 0 Å². The van der Waals surface area contributed by atoms with E-state index < -0.39 is 7.25 Å². The summed E-state index contributed by atoms with van der Waals surface area (Å²) in [5.41, 5.74) is 4.67. The molecule has 0 aliphatic carbocycles. The average Bonchev–Trinajstić information content (AvgIpc) is 2.70. The van der Waals surface area contributed by atoms with Gasteiger partial charge in [0.2, 0.25) is 0 Å². The highest BCUT2D eigenvalue weighted by Crippen LogP contribution is 2.06. The molecule has 0 aromatic heterocycles. The second-order valence-corrected chi connectivity index (χ2v) is 3.75. The van der Waals surface area contributed by atoms with Crippen molar-refractivity contribution in [2.24, 2.45) is 5.73 Å². The lowest BCUT2D eigenvalue weighted by molar-refractivity contribution is 0.293. The van der Waals surface area contributed by atoms with E-state index >= 15 is 0 Å². The van der Waals surface area contributed by atoms with E-state index in [1.807, 2.05) is 0 Å². The molecule has 0 saturated carbocycles. The number of unbranched alkanes of at least 4 members (excludes halogenated alkanes) is 1. The molecular formula is C11H21BF4N3-. The fraction of sp³-hybridized carbons (Fsp3) is 0.636. The second kappa shape index (κ2) is 11.6. The number of rotatable bonds is 3. The number of hydrogen-bond donors (Lipinski definition) is 1. The van der Waals surface area contributed by atoms with Gasteiger partial charge >= 0.3 is 7.25 Å². The highest BCUT2D eigenvalue weighted by Gasteiger charge is 2.20. The molecule has 0 amide bonds. The van der Waals surface area contributed by atoms with Crippen LogP contribution in [0.1, 0.15) is 26.7 Å². The van der Waals surface area contributed by atoms with Crippen LogP contribution in [-0.4, -0.2) is 37.3 Å². The monoisotopic (exact) mass is 282 g/mol. The first-order chi connectivity index (χ1) is 8.74. The van der Waals surface area contributed by atoms with Crippen molar-refractivity contribution in [1.29, 1.82) is 0 Å². The topological polar surface area (TPSA) is 32.5 Å². The Bertz CT molecular complexity index is 285. The lowest BCUT2D eigenvalue weighted by atomic mass is 10.3. The summed E-state index contributed by atoms with van der Waals surface area (Å²) in [7, 11) is -3.90. The smallest absolute Gasteiger partial charge is 0.418 e. The SMILES string of the molecule is CC#CN.CCCCN1C=CN(C)C1.F[B-](F)(F)F. The van der Waals surface area contributed by atoms with Gasteiger partial charge < -0.3 is 32.8 Å². The van der Waals surface area contributed by atoms with Gasteiger partial charge in [0.05, 0.1) is 6.67 Å². The van der Waals surface area contributed by atoms with Gasteiger partial charge in [-0.05, 0) is 13.3 Å². The van der Waals surface area contributed by atoms with Crippen molar-refractivity contribution < 1.29 is 17.3 Å². The Morgan fingerprint density at radius 1 is 1.26 bits per heavy atom. The molecule has 0 fully saturated rings. The third-order valence-corrected chi connectivity index (χ3v) is 1.88. The van der Waals surface area contributed by atoms with E-state index in [0.717, 1.165) is 6.67 Å². The molecule has 2 N–H and O–H groups in total. The minimum absolute atomic E-state index is 1.07. The van der Waals surface area contributed by atoms with Crippen LogP contribution >= 0.6 is 0 Å². The molecule has 0 radical (unpaired) electrons. The summed E-state index contributed by atoms with van der Waals surface area (Å²) in [5, 5.41) is 0. The summed E-state index contributed by atoms with van der Waals surface area (Å²) >= 11 is 0. The lowest BCUT2D eigenvalue weighted by Gasteiger charge is -2.17. The van der Waals surface area contributed by atoms with Crippen LogP contribution in [0.3, 0.4) is 0 Å². The van der Waals surface area contributed by atoms with Gasteiger partial charge in [0.25, 0.3) is 0 Å². The zero-order valence-corrected chi connectivity index (χ0v) is 11.5. The molecule has 1 aliphatic rings. The zero-order valence-electron chi connectivity index (χ0n) is 11.5. The van der Waals surface area contributed by atoms with E-state index in [2.05, 4.69) is 53.9 Å². The van der Waals surface area contributed by atoms with Gasteiger partial charge in [0.15, 0.2) is 0 Å². The van der Waals surface area contributed by atoms with Crippen molar-refractivity contribution in [3.63, 3.8) is 0 Å². The maximum atomic E-state index is 9.75. The Morgan fingerprint density at radius 2 is 1.74 bits per heavy atom. The van der Waals surface area contributed by atoms with Crippen LogP contribution in [0.5, 0.6) is 0 Å². The van der Waals surface area contributed by atoms with Gasteiger partial charge in [-0.15, -0.1) is 0 Å². The molecule has 112 valence electrons. The molecule has 1 aliphatic heterocycles. The van der Waals surface area contributed by atoms with Crippen molar-refractivity contribution in [3.05, 3.63) is 12.4 Å². The minimum atomic E-state index is -6.00. The Balaban J connectivity index is 0. The van der Waals surface area contributed by atoms with Gasteiger partial charge in [-0.25, -0.2) is 0 Å². The van der Waals surface area contributed by atoms with E-state index in [0.29, 0.717) is 0 Å². The summed E-state index contributed by atoms with van der Waals surface area (Å²) in [6.07, 6.45) is 6.87. The lowest BCUT2D eigenvalue weighted by Crippen LogP contribution is -2.23. The molecule has 19 heavy (non-hydrogen) atoms. The molecule has 1 rings (SSSR count). The van der Waals surface area contributed by atoms with Crippen LogP contribution in [0.4, 0.5) is 17.3 Å². The molecule has 0 aromatic rings. The molecule has 0 aromatic carbocycles. The molecule has 0 saturated heterocycles. The molecule has 0 bridgehead atoms. The Kier molecular flexibility index (Phi) is 12.1. The number of nitrogens with two attached hydrogens (primary N) is 1. The summed E-state index contributed by atoms with van der Waals surface area (Å²) in [5.74, 6) is 2.46. The summed E-state index contributed by atoms with van der Waals surface area (Å²) in [6.45, 7) is 6.20. The van der Waals surface area contributed by atoms with Gasteiger partial charge in [0, 0.05) is 32.0 Å². The maximum Gasteiger partial charge on any atom is 0.673 e. The van der Waals surface area contributed by atoms with Gasteiger partial charge in [-0.1, -0.05) is 19.3 Å². The van der Waals surface area contributed by atoms with Crippen molar-refractivity contribution in [2.45, 2.75) is 26.7 Å². The van der Waals surface area contributed by atoms with Gasteiger partial charge in [0.1, 0.15) is 0 Å². The molecule has 0 spiro atoms. The second-order valence-electron chi connectivity index (χ2n) is 3.75. The maximum absolute atomic E-state index is 9.75. The van der Waals surface area contributed by atoms with Crippen LogP contribution in [0.15, 0.2) is 12.4 Å². The fourth-order valence-corrected chi connectivity index (χ4v) is 1.10. The Morgan fingerprint density at radius 3 is 2.00 bits per heavy atom. The number of halogens is 4. The molecule has 0 atom stereocenters. The number of nitrogens with zero attached hydrogens (tertiary/aromatic N) is 2. The molecule has 8 heteroatoms. The van der Waals surface area contributed by atoms with Crippen molar-refractivity contribution in [1.82, 2.24) is 9.80 Å². The van der Waals surface area contributed by atoms with Crippen LogP contribution < -0.4 is 5.73 Å². The van der Waals surface area contributed by atoms with E-state index in [-0.39, 0.29) is 0 Å². The van der Waals surface area contributed by atoms with Gasteiger partial charge in [-0.3, -0.25) is 0 Å². The fourth-order valence-electron chi connectivity index (χ4n) is 1.10. The third kappa shape index (κ3) is 22.2. The first kappa shape index (κ1) is 19.8. The highest BCUT2D eigenvalue weighted by molar-refractivity contribution is 6.50. The van der Waals surface area contributed by atoms with Crippen molar-refractivity contribution >= 4 is 7.25 Å². The quantitative estimate of drug-likeness (QED) is 0.374. The van der Waals surface area contributed by atoms with Crippen molar-refractivity contribution in [3.8, 4) is 12.0 Å². The predicted octanol–water partition coefficient (Wildman–Crippen LogP) is 2.69. The van der Waals surface area contributed by atoms with Crippen LogP contribution in [0, 0.1) is 12.0 Å². The summed E-state index contributed by atoms with van der Waals surface area (Å²) in [4.78, 5) is 4.53. The normalized spacial score (nSPS) is 12.8. The van der Waals surface area contributed by atoms with E-state index in [4.69, 9.17) is 0 Å². The average molecular weight is 282 g/mol. The zero-order chi connectivity index (χ0) is 15.3. The highest BCUT2D eigenvalue weighted by atomic mass is 19.5. The van der Waals surface area contributed by atoms with Gasteiger partial charge in [-0.2, -0.15) is 0 Å². The Hall–Kier alpha value is -1.52. The molecule has 0 unspecified atom stereocenters. The first-order valence-corrected chi connectivity index (χ1v) is 5.86. The number of hydrogen-bond acceptors (Lipinski definition) is 3. The van der Waals surface area contributed by atoms with Crippen molar-refractivity contribution in [2.75, 3.05) is 20.3 Å². The van der Waals surface area contributed by atoms with E-state index in [1.54, 1.807) is 6.92 Å². The third-order valence-electron chi connectivity index (χ3n) is 1.88. The van der Waals surface area contributed by atoms with E-state index in [9.17, 15) is 17.3 Å². The Labute approximate surface area is 112 Å². The first-order valence-electron chi connectivity index (χ1n) is 5.86. The summed E-state index contributed by atoms with van der Waals surface area (Å²) in [6, 6.07) is 2.18. The summed E-state index contributed by atoms with van der Waals surface area (Å²) < 4.78 is 39.0. The molecule has 1 heterocycles. The molecular weight excluding hydrogens is 261 g/mol. The minimum Gasteiger partial charge on any atom is -0.418 e. The van der Waals surface area contributed by atoms with E-state index in [1.165, 1.54) is 19.4 Å². The standard InChI is InChI=1S/C8H16N2.C3H5N.BF4/c1-3-4-5-10-7-6-9(2)8-10;1-2-3-4;2-1(3,4)5/h6-7H,3-5,8H2,1-2H3;4H2,1H3;/q;;-1. The predicted molar refractivity (Wildman–Crippen MR) is 71.2 cm³/mol. The molecule has 3 nitrogen and oxygen atoms in total. The van der Waals surface area contributed by atoms with Crippen LogP contribution in [0.2, 0.25) is 0 Å².